The normalized spacial score (nSPS) is 9.87. The van der Waals surface area contributed by atoms with Crippen LogP contribution in [0.5, 0.6) is 0 Å². The Balaban J connectivity index is 1.94. The molecule has 0 fully saturated rings. The predicted molar refractivity (Wildman–Crippen MR) is 54.1 cm³/mol. The van der Waals surface area contributed by atoms with E-state index in [1.54, 1.807) is 43.0 Å². The number of carbonyl (C=O) groups excluding carboxylic acids is 1. The maximum atomic E-state index is 11.5. The average molecular weight is 202 g/mol. The highest BCUT2D eigenvalue weighted by molar-refractivity contribution is 5.92. The first-order chi connectivity index (χ1) is 7.36. The van der Waals surface area contributed by atoms with E-state index in [4.69, 9.17) is 4.42 Å². The van der Waals surface area contributed by atoms with Gasteiger partial charge in [-0.25, -0.2) is 0 Å². The number of nitrogens with one attached hydrogen (secondary N) is 1. The number of hydrogen-bond acceptors (Lipinski definition) is 3. The van der Waals surface area contributed by atoms with Crippen molar-refractivity contribution in [3.63, 3.8) is 0 Å². The van der Waals surface area contributed by atoms with Gasteiger partial charge in [0.05, 0.1) is 12.5 Å². The van der Waals surface area contributed by atoms with Crippen molar-refractivity contribution < 1.29 is 9.21 Å². The zero-order valence-corrected chi connectivity index (χ0v) is 8.01. The number of amides is 1. The van der Waals surface area contributed by atoms with Crippen molar-refractivity contribution in [3.8, 4) is 0 Å². The lowest BCUT2D eigenvalue weighted by atomic mass is 10.3. The summed E-state index contributed by atoms with van der Waals surface area (Å²) < 4.78 is 4.89. The van der Waals surface area contributed by atoms with E-state index in [0.717, 1.165) is 5.56 Å². The Morgan fingerprint density at radius 3 is 3.00 bits per heavy atom. The van der Waals surface area contributed by atoms with Gasteiger partial charge in [-0.05, 0) is 18.2 Å². The Hall–Kier alpha value is -2.10. The van der Waals surface area contributed by atoms with Crippen molar-refractivity contribution in [2.45, 2.75) is 6.54 Å². The van der Waals surface area contributed by atoms with Crippen molar-refractivity contribution in [2.24, 2.45) is 0 Å². The quantitative estimate of drug-likeness (QED) is 0.822. The fraction of sp³-hybridized carbons (Fsp3) is 0.0909. The van der Waals surface area contributed by atoms with Crippen LogP contribution in [-0.2, 0) is 6.54 Å². The summed E-state index contributed by atoms with van der Waals surface area (Å²) in [6.07, 6.45) is 4.76. The van der Waals surface area contributed by atoms with Crippen molar-refractivity contribution in [3.05, 3.63) is 54.2 Å². The minimum absolute atomic E-state index is 0.184. The highest BCUT2D eigenvalue weighted by Crippen LogP contribution is 2.00. The monoisotopic (exact) mass is 202 g/mol. The third-order valence-corrected chi connectivity index (χ3v) is 1.93. The van der Waals surface area contributed by atoms with E-state index in [2.05, 4.69) is 10.3 Å². The van der Waals surface area contributed by atoms with Crippen LogP contribution in [0.25, 0.3) is 0 Å². The van der Waals surface area contributed by atoms with Gasteiger partial charge in [0.1, 0.15) is 5.69 Å². The van der Waals surface area contributed by atoms with Gasteiger partial charge in [0, 0.05) is 18.3 Å². The summed E-state index contributed by atoms with van der Waals surface area (Å²) in [5.74, 6) is -0.184. The topological polar surface area (TPSA) is 55.1 Å². The van der Waals surface area contributed by atoms with E-state index in [0.29, 0.717) is 12.2 Å². The Kier molecular flexibility index (Phi) is 2.78. The van der Waals surface area contributed by atoms with Gasteiger partial charge in [-0.3, -0.25) is 9.78 Å². The lowest BCUT2D eigenvalue weighted by molar-refractivity contribution is 0.0946. The molecule has 1 amide bonds. The summed E-state index contributed by atoms with van der Waals surface area (Å²) in [4.78, 5) is 15.5. The van der Waals surface area contributed by atoms with Gasteiger partial charge in [0.25, 0.3) is 5.91 Å². The molecule has 0 bridgehead atoms. The predicted octanol–water partition coefficient (Wildman–Crippen LogP) is 1.60. The molecule has 1 N–H and O–H groups in total. The second-order valence-corrected chi connectivity index (χ2v) is 3.03. The molecule has 0 unspecified atom stereocenters. The number of hydrogen-bond donors (Lipinski definition) is 1. The Labute approximate surface area is 86.9 Å². The molecule has 0 aliphatic rings. The van der Waals surface area contributed by atoms with Gasteiger partial charge in [-0.15, -0.1) is 0 Å². The summed E-state index contributed by atoms with van der Waals surface area (Å²) in [6, 6.07) is 7.02. The number of nitrogens with zero attached hydrogens (tertiary/aromatic N) is 1. The van der Waals surface area contributed by atoms with E-state index in [-0.39, 0.29) is 5.91 Å². The zero-order chi connectivity index (χ0) is 10.5. The lowest BCUT2D eigenvalue weighted by Crippen LogP contribution is -2.23. The van der Waals surface area contributed by atoms with Crippen LogP contribution in [0.1, 0.15) is 16.1 Å². The molecule has 76 valence electrons. The fourth-order valence-electron chi connectivity index (χ4n) is 1.16. The van der Waals surface area contributed by atoms with E-state index >= 15 is 0 Å². The molecule has 4 nitrogen and oxygen atoms in total. The molecule has 2 aromatic rings. The minimum atomic E-state index is -0.184. The smallest absolute Gasteiger partial charge is 0.270 e. The van der Waals surface area contributed by atoms with Crippen LogP contribution in [0.15, 0.2) is 47.4 Å². The maximum absolute atomic E-state index is 11.5. The van der Waals surface area contributed by atoms with Gasteiger partial charge in [0.2, 0.25) is 0 Å². The second kappa shape index (κ2) is 4.41. The maximum Gasteiger partial charge on any atom is 0.270 e. The van der Waals surface area contributed by atoms with Gasteiger partial charge in [-0.1, -0.05) is 6.07 Å². The third kappa shape index (κ3) is 2.43. The molecule has 0 aromatic carbocycles. The fourth-order valence-corrected chi connectivity index (χ4v) is 1.16. The molecule has 0 saturated carbocycles. The van der Waals surface area contributed by atoms with Gasteiger partial charge in [0.15, 0.2) is 0 Å². The van der Waals surface area contributed by atoms with Crippen molar-refractivity contribution in [1.29, 1.82) is 0 Å². The molecular weight excluding hydrogens is 192 g/mol. The van der Waals surface area contributed by atoms with Crippen molar-refractivity contribution >= 4 is 5.91 Å². The summed E-state index contributed by atoms with van der Waals surface area (Å²) in [5, 5.41) is 2.74. The largest absolute Gasteiger partial charge is 0.472 e. The Bertz CT molecular complexity index is 423. The molecule has 0 radical (unpaired) electrons. The third-order valence-electron chi connectivity index (χ3n) is 1.93. The van der Waals surface area contributed by atoms with E-state index in [9.17, 15) is 4.79 Å². The van der Waals surface area contributed by atoms with Crippen molar-refractivity contribution in [2.75, 3.05) is 0 Å². The van der Waals surface area contributed by atoms with E-state index in [1.807, 2.05) is 0 Å². The summed E-state index contributed by atoms with van der Waals surface area (Å²) >= 11 is 0. The molecule has 0 saturated heterocycles. The van der Waals surface area contributed by atoms with Gasteiger partial charge in [-0.2, -0.15) is 0 Å². The van der Waals surface area contributed by atoms with Gasteiger partial charge < -0.3 is 9.73 Å². The second-order valence-electron chi connectivity index (χ2n) is 3.03. The molecule has 2 aromatic heterocycles. The molecule has 0 aliphatic heterocycles. The summed E-state index contributed by atoms with van der Waals surface area (Å²) in [5.41, 5.74) is 1.35. The Morgan fingerprint density at radius 2 is 2.33 bits per heavy atom. The molecular formula is C11H10N2O2. The summed E-state index contributed by atoms with van der Waals surface area (Å²) in [6.45, 7) is 0.450. The Morgan fingerprint density at radius 1 is 1.40 bits per heavy atom. The standard InChI is InChI=1S/C11H10N2O2/c14-11(10-3-1-2-5-12-10)13-7-9-4-6-15-8-9/h1-6,8H,7H2,(H,13,14). The van der Waals surface area contributed by atoms with Crippen LogP contribution >= 0.6 is 0 Å². The minimum Gasteiger partial charge on any atom is -0.472 e. The lowest BCUT2D eigenvalue weighted by Gasteiger charge is -2.01. The van der Waals surface area contributed by atoms with Crippen LogP contribution < -0.4 is 5.32 Å². The van der Waals surface area contributed by atoms with Gasteiger partial charge >= 0.3 is 0 Å². The first-order valence-corrected chi connectivity index (χ1v) is 4.56. The molecule has 15 heavy (non-hydrogen) atoms. The SMILES string of the molecule is O=C(NCc1ccoc1)c1ccccn1. The first kappa shape index (κ1) is 9.45. The number of pyridine rings is 1. The first-order valence-electron chi connectivity index (χ1n) is 4.56. The zero-order valence-electron chi connectivity index (χ0n) is 8.01. The van der Waals surface area contributed by atoms with Crippen LogP contribution in [0.4, 0.5) is 0 Å². The molecule has 0 atom stereocenters. The number of aromatic nitrogens is 1. The highest BCUT2D eigenvalue weighted by atomic mass is 16.3. The number of carbonyl (C=O) groups is 1. The molecule has 2 heterocycles. The number of rotatable bonds is 3. The molecule has 2 rings (SSSR count). The molecule has 0 aliphatic carbocycles. The van der Waals surface area contributed by atoms with E-state index < -0.39 is 0 Å². The van der Waals surface area contributed by atoms with Crippen molar-refractivity contribution in [1.82, 2.24) is 10.3 Å². The number of furan rings is 1. The van der Waals surface area contributed by atoms with Crippen LogP contribution in [-0.4, -0.2) is 10.9 Å². The van der Waals surface area contributed by atoms with Crippen LogP contribution in [0, 0.1) is 0 Å². The highest BCUT2D eigenvalue weighted by Gasteiger charge is 2.05. The summed E-state index contributed by atoms with van der Waals surface area (Å²) in [7, 11) is 0. The average Bonchev–Trinajstić information content (AvgIpc) is 2.80. The van der Waals surface area contributed by atoms with Crippen LogP contribution in [0.2, 0.25) is 0 Å². The van der Waals surface area contributed by atoms with Crippen LogP contribution in [0.3, 0.4) is 0 Å². The molecule has 4 heteroatoms. The molecule has 0 spiro atoms. The van der Waals surface area contributed by atoms with E-state index in [1.165, 1.54) is 0 Å².